The van der Waals surface area contributed by atoms with E-state index in [1.54, 1.807) is 0 Å². The smallest absolute Gasteiger partial charge is 0.251 e. The number of nitrogens with one attached hydrogen (secondary N) is 1. The van der Waals surface area contributed by atoms with Crippen molar-refractivity contribution in [3.8, 4) is 0 Å². The summed E-state index contributed by atoms with van der Waals surface area (Å²) in [6.07, 6.45) is 1.63. The molecule has 0 unspecified atom stereocenters. The Kier molecular flexibility index (Phi) is 3.06. The van der Waals surface area contributed by atoms with Crippen LogP contribution in [0.3, 0.4) is 0 Å². The van der Waals surface area contributed by atoms with Gasteiger partial charge >= 0.3 is 0 Å². The first kappa shape index (κ1) is 10.9. The summed E-state index contributed by atoms with van der Waals surface area (Å²) >= 11 is 0. The molecule has 2 rings (SSSR count). The molecule has 0 saturated carbocycles. The zero-order chi connectivity index (χ0) is 11.5. The first-order valence-electron chi connectivity index (χ1n) is 5.59. The van der Waals surface area contributed by atoms with E-state index >= 15 is 0 Å². The summed E-state index contributed by atoms with van der Waals surface area (Å²) in [4.78, 5) is 14.5. The van der Waals surface area contributed by atoms with Crippen LogP contribution in [0.25, 0.3) is 10.9 Å². The number of aromatic amines is 1. The first-order valence-corrected chi connectivity index (χ1v) is 5.59. The van der Waals surface area contributed by atoms with E-state index in [0.29, 0.717) is 13.0 Å². The zero-order valence-corrected chi connectivity index (χ0v) is 9.42. The number of aryl methyl sites for hydroxylation is 1. The number of aromatic nitrogens is 1. The Morgan fingerprint density at radius 1 is 1.31 bits per heavy atom. The predicted molar refractivity (Wildman–Crippen MR) is 66.7 cm³/mol. The van der Waals surface area contributed by atoms with Crippen molar-refractivity contribution >= 4 is 10.9 Å². The van der Waals surface area contributed by atoms with E-state index < -0.39 is 0 Å². The second-order valence-corrected chi connectivity index (χ2v) is 3.94. The Morgan fingerprint density at radius 3 is 2.81 bits per heavy atom. The maximum absolute atomic E-state index is 11.7. The summed E-state index contributed by atoms with van der Waals surface area (Å²) in [6.45, 7) is 2.62. The van der Waals surface area contributed by atoms with Gasteiger partial charge in [-0.3, -0.25) is 4.79 Å². The average Bonchev–Trinajstić information content (AvgIpc) is 2.30. The van der Waals surface area contributed by atoms with Gasteiger partial charge in [-0.25, -0.2) is 0 Å². The van der Waals surface area contributed by atoms with E-state index in [9.17, 15) is 4.79 Å². The average molecular weight is 216 g/mol. The number of fused-ring (bicyclic) bond motifs is 1. The number of pyridine rings is 1. The molecule has 16 heavy (non-hydrogen) atoms. The highest BCUT2D eigenvalue weighted by Crippen LogP contribution is 2.14. The summed E-state index contributed by atoms with van der Waals surface area (Å²) in [5, 5.41) is 1.09. The SMILES string of the molecule is CCc1ccc2[nH]c(=O)c(CCN)cc2c1. The Morgan fingerprint density at radius 2 is 2.12 bits per heavy atom. The van der Waals surface area contributed by atoms with Crippen molar-refractivity contribution in [1.29, 1.82) is 0 Å². The van der Waals surface area contributed by atoms with Crippen LogP contribution < -0.4 is 11.3 Å². The van der Waals surface area contributed by atoms with Crippen LogP contribution in [0.5, 0.6) is 0 Å². The molecule has 1 heterocycles. The lowest BCUT2D eigenvalue weighted by Crippen LogP contribution is -2.16. The molecule has 0 aliphatic rings. The van der Waals surface area contributed by atoms with Crippen LogP contribution in [0.2, 0.25) is 0 Å². The molecular formula is C13H16N2O. The van der Waals surface area contributed by atoms with E-state index in [-0.39, 0.29) is 5.56 Å². The molecule has 0 aliphatic heterocycles. The van der Waals surface area contributed by atoms with Gasteiger partial charge < -0.3 is 10.7 Å². The predicted octanol–water partition coefficient (Wildman–Crippen LogP) is 1.59. The maximum atomic E-state index is 11.7. The lowest BCUT2D eigenvalue weighted by atomic mass is 10.1. The lowest BCUT2D eigenvalue weighted by Gasteiger charge is -2.04. The van der Waals surface area contributed by atoms with Gasteiger partial charge in [-0.15, -0.1) is 0 Å². The number of hydrogen-bond acceptors (Lipinski definition) is 2. The van der Waals surface area contributed by atoms with Crippen molar-refractivity contribution in [3.05, 3.63) is 45.7 Å². The largest absolute Gasteiger partial charge is 0.330 e. The van der Waals surface area contributed by atoms with Gasteiger partial charge in [0, 0.05) is 11.1 Å². The summed E-state index contributed by atoms with van der Waals surface area (Å²) < 4.78 is 0. The molecule has 0 spiro atoms. The fourth-order valence-electron chi connectivity index (χ4n) is 1.86. The van der Waals surface area contributed by atoms with Gasteiger partial charge in [-0.2, -0.15) is 0 Å². The molecule has 0 saturated heterocycles. The summed E-state index contributed by atoms with van der Waals surface area (Å²) in [6, 6.07) is 8.06. The van der Waals surface area contributed by atoms with Crippen molar-refractivity contribution in [2.75, 3.05) is 6.54 Å². The molecule has 84 valence electrons. The monoisotopic (exact) mass is 216 g/mol. The number of rotatable bonds is 3. The fraction of sp³-hybridized carbons (Fsp3) is 0.308. The molecule has 0 amide bonds. The molecule has 0 radical (unpaired) electrons. The third kappa shape index (κ3) is 1.99. The summed E-state index contributed by atoms with van der Waals surface area (Å²) in [7, 11) is 0. The molecule has 0 bridgehead atoms. The van der Waals surface area contributed by atoms with Crippen LogP contribution >= 0.6 is 0 Å². The molecule has 3 heteroatoms. The van der Waals surface area contributed by atoms with Gasteiger partial charge in [0.15, 0.2) is 0 Å². The van der Waals surface area contributed by atoms with Crippen molar-refractivity contribution in [1.82, 2.24) is 4.98 Å². The normalized spacial score (nSPS) is 10.9. The van der Waals surface area contributed by atoms with Crippen LogP contribution in [0.15, 0.2) is 29.1 Å². The van der Waals surface area contributed by atoms with Gasteiger partial charge in [0.2, 0.25) is 0 Å². The quantitative estimate of drug-likeness (QED) is 0.818. The van der Waals surface area contributed by atoms with Crippen LogP contribution in [0.1, 0.15) is 18.1 Å². The summed E-state index contributed by atoms with van der Waals surface area (Å²) in [5.74, 6) is 0. The topological polar surface area (TPSA) is 58.9 Å². The Balaban J connectivity index is 2.61. The van der Waals surface area contributed by atoms with Crippen LogP contribution in [-0.4, -0.2) is 11.5 Å². The number of hydrogen-bond donors (Lipinski definition) is 2. The van der Waals surface area contributed by atoms with Gasteiger partial charge in [0.05, 0.1) is 0 Å². The highest BCUT2D eigenvalue weighted by Gasteiger charge is 2.02. The Labute approximate surface area is 94.3 Å². The minimum atomic E-state index is -0.0257. The molecule has 2 aromatic rings. The van der Waals surface area contributed by atoms with E-state index in [1.165, 1.54) is 5.56 Å². The molecule has 3 nitrogen and oxygen atoms in total. The second kappa shape index (κ2) is 4.49. The van der Waals surface area contributed by atoms with Crippen LogP contribution in [0, 0.1) is 0 Å². The molecule has 0 aliphatic carbocycles. The number of nitrogens with two attached hydrogens (primary N) is 1. The van der Waals surface area contributed by atoms with E-state index in [0.717, 1.165) is 22.9 Å². The molecule has 1 aromatic heterocycles. The van der Waals surface area contributed by atoms with E-state index in [2.05, 4.69) is 18.0 Å². The third-order valence-electron chi connectivity index (χ3n) is 2.81. The molecule has 3 N–H and O–H groups in total. The number of benzene rings is 1. The molecule has 0 atom stereocenters. The van der Waals surface area contributed by atoms with Crippen molar-refractivity contribution in [2.45, 2.75) is 19.8 Å². The van der Waals surface area contributed by atoms with Crippen molar-refractivity contribution < 1.29 is 0 Å². The number of H-pyrrole nitrogens is 1. The van der Waals surface area contributed by atoms with Gasteiger partial charge in [-0.1, -0.05) is 13.0 Å². The maximum Gasteiger partial charge on any atom is 0.251 e. The van der Waals surface area contributed by atoms with Gasteiger partial charge in [0.1, 0.15) is 0 Å². The van der Waals surface area contributed by atoms with Crippen LogP contribution in [-0.2, 0) is 12.8 Å². The van der Waals surface area contributed by atoms with E-state index in [4.69, 9.17) is 5.73 Å². The van der Waals surface area contributed by atoms with E-state index in [1.807, 2.05) is 18.2 Å². The summed E-state index contributed by atoms with van der Waals surface area (Å²) in [5.41, 5.74) is 8.39. The molecule has 1 aromatic carbocycles. The highest BCUT2D eigenvalue weighted by molar-refractivity contribution is 5.79. The second-order valence-electron chi connectivity index (χ2n) is 3.94. The minimum Gasteiger partial charge on any atom is -0.330 e. The third-order valence-corrected chi connectivity index (χ3v) is 2.81. The van der Waals surface area contributed by atoms with Gasteiger partial charge in [-0.05, 0) is 48.5 Å². The highest BCUT2D eigenvalue weighted by atomic mass is 16.1. The van der Waals surface area contributed by atoms with Crippen molar-refractivity contribution in [3.63, 3.8) is 0 Å². The van der Waals surface area contributed by atoms with Crippen molar-refractivity contribution in [2.24, 2.45) is 5.73 Å². The molecular weight excluding hydrogens is 200 g/mol. The zero-order valence-electron chi connectivity index (χ0n) is 9.42. The Hall–Kier alpha value is -1.61. The van der Waals surface area contributed by atoms with Gasteiger partial charge in [0.25, 0.3) is 5.56 Å². The Bertz CT molecular complexity index is 557. The fourth-order valence-corrected chi connectivity index (χ4v) is 1.86. The van der Waals surface area contributed by atoms with Crippen LogP contribution in [0.4, 0.5) is 0 Å². The lowest BCUT2D eigenvalue weighted by molar-refractivity contribution is 0.949. The first-order chi connectivity index (χ1) is 7.74. The minimum absolute atomic E-state index is 0.0257. The molecule has 0 fully saturated rings. The standard InChI is InChI=1S/C13H16N2O/c1-2-9-3-4-12-11(7-9)8-10(5-6-14)13(16)15-12/h3-4,7-8H,2,5-6,14H2,1H3,(H,15,16).